The zero-order valence-corrected chi connectivity index (χ0v) is 44.1. The predicted molar refractivity (Wildman–Crippen MR) is 321 cm³/mol. The normalized spacial score (nSPS) is 14.6. The molecule has 11 aromatic carbocycles. The molecule has 4 heterocycles. The first-order chi connectivity index (χ1) is 35.3. The molecule has 2 aromatic heterocycles. The highest BCUT2D eigenvalue weighted by Crippen LogP contribution is 2.53. The number of nitrogens with zero attached hydrogens (tertiary/aromatic N) is 2. The first-order valence-corrected chi connectivity index (χ1v) is 32.7. The molecule has 0 N–H and O–H groups in total. The molecule has 6 heteroatoms. The molecule has 0 atom stereocenters. The van der Waals surface area contributed by atoms with Crippen LogP contribution in [0.25, 0.3) is 84.1 Å². The molecule has 13 aromatic rings. The van der Waals surface area contributed by atoms with Crippen molar-refractivity contribution in [2.45, 2.75) is 26.2 Å². The lowest BCUT2D eigenvalue weighted by atomic mass is 9.84. The summed E-state index contributed by atoms with van der Waals surface area (Å²) < 4.78 is 5.27. The summed E-state index contributed by atoms with van der Waals surface area (Å²) in [4.78, 5) is 5.11. The van der Waals surface area contributed by atoms with Gasteiger partial charge in [0.05, 0.1) is 0 Å². The molecule has 0 amide bonds. The fourth-order valence-corrected chi connectivity index (χ4v) is 21.3. The van der Waals surface area contributed by atoms with Crippen LogP contribution in [0.2, 0.25) is 26.2 Å². The van der Waals surface area contributed by atoms with Gasteiger partial charge in [-0.05, 0) is 114 Å². The summed E-state index contributed by atoms with van der Waals surface area (Å²) in [7, 11) is -4.03. The lowest BCUT2D eigenvalue weighted by Crippen LogP contribution is -2.58. The largest absolute Gasteiger partial charge is 0.311 e. The fourth-order valence-electron chi connectivity index (χ4n) is 12.8. The summed E-state index contributed by atoms with van der Waals surface area (Å²) in [5.41, 5.74) is 12.6. The summed E-state index contributed by atoms with van der Waals surface area (Å²) in [6.45, 7) is 10.0. The molecule has 0 fully saturated rings. The van der Waals surface area contributed by atoms with Crippen molar-refractivity contribution in [2.24, 2.45) is 0 Å². The van der Waals surface area contributed by atoms with Gasteiger partial charge in [0, 0.05) is 85.6 Å². The van der Waals surface area contributed by atoms with E-state index in [4.69, 9.17) is 0 Å². The van der Waals surface area contributed by atoms with E-state index >= 15 is 0 Å². The highest BCUT2D eigenvalue weighted by atomic mass is 32.1. The van der Waals surface area contributed by atoms with Gasteiger partial charge in [0.25, 0.3) is 0 Å². The summed E-state index contributed by atoms with van der Waals surface area (Å²) in [6.07, 6.45) is 0. The van der Waals surface area contributed by atoms with Gasteiger partial charge in [0.15, 0.2) is 0 Å². The van der Waals surface area contributed by atoms with Crippen LogP contribution in [-0.4, -0.2) is 16.1 Å². The Morgan fingerprint density at radius 3 is 1.01 bits per heavy atom. The Morgan fingerprint density at radius 1 is 0.292 bits per heavy atom. The SMILES string of the molecule is C[Si]1(C)c2ccccc2N(c2ccc3c(-c4cccc5c4sc4ccccc45)c4cc(N5c6ccccc6[Si](C)(C)c6ccccc65)ccc4c(-c4cccc5c4sc4ccccc45)c3c2)c2ccccc21. The van der Waals surface area contributed by atoms with E-state index in [2.05, 4.69) is 254 Å². The topological polar surface area (TPSA) is 6.48 Å². The lowest BCUT2D eigenvalue weighted by Gasteiger charge is -2.41. The number of fused-ring (bicyclic) bond motifs is 12. The molecule has 72 heavy (non-hydrogen) atoms. The van der Waals surface area contributed by atoms with E-state index in [0.717, 1.165) is 0 Å². The summed E-state index contributed by atoms with van der Waals surface area (Å²) in [6, 6.07) is 83.4. The number of benzene rings is 11. The van der Waals surface area contributed by atoms with Crippen LogP contribution in [-0.2, 0) is 0 Å². The molecule has 0 saturated carbocycles. The van der Waals surface area contributed by atoms with E-state index in [0.29, 0.717) is 0 Å². The van der Waals surface area contributed by atoms with Crippen LogP contribution in [0.3, 0.4) is 0 Å². The Balaban J connectivity index is 1.11. The second-order valence-corrected chi connectivity index (χ2v) is 31.5. The van der Waals surface area contributed by atoms with Gasteiger partial charge >= 0.3 is 0 Å². The average molecular weight is 989 g/mol. The van der Waals surface area contributed by atoms with Crippen molar-refractivity contribution in [1.29, 1.82) is 0 Å². The van der Waals surface area contributed by atoms with Crippen molar-refractivity contribution < 1.29 is 0 Å². The van der Waals surface area contributed by atoms with Crippen LogP contribution in [0.5, 0.6) is 0 Å². The molecule has 0 spiro atoms. The van der Waals surface area contributed by atoms with Gasteiger partial charge in [-0.2, -0.15) is 0 Å². The minimum absolute atomic E-state index is 1.17. The molecular formula is C66H48N2S2Si2. The van der Waals surface area contributed by atoms with Gasteiger partial charge in [-0.15, -0.1) is 22.7 Å². The molecule has 0 aliphatic carbocycles. The Hall–Kier alpha value is -7.59. The molecule has 0 radical (unpaired) electrons. The van der Waals surface area contributed by atoms with Crippen LogP contribution in [0.15, 0.2) is 218 Å². The summed E-state index contributed by atoms with van der Waals surface area (Å²) >= 11 is 3.84. The Morgan fingerprint density at radius 2 is 0.625 bits per heavy atom. The van der Waals surface area contributed by atoms with E-state index in [1.54, 1.807) is 0 Å². The first kappa shape index (κ1) is 42.1. The van der Waals surface area contributed by atoms with E-state index in [1.165, 1.54) is 139 Å². The molecule has 2 nitrogen and oxygen atoms in total. The number of hydrogen-bond donors (Lipinski definition) is 0. The van der Waals surface area contributed by atoms with Crippen molar-refractivity contribution >= 4 is 156 Å². The van der Waals surface area contributed by atoms with Crippen LogP contribution in [0.1, 0.15) is 0 Å². The van der Waals surface area contributed by atoms with Gasteiger partial charge in [-0.1, -0.05) is 184 Å². The van der Waals surface area contributed by atoms with E-state index < -0.39 is 16.1 Å². The smallest absolute Gasteiger partial charge is 0.117 e. The third-order valence-electron chi connectivity index (χ3n) is 16.2. The molecule has 2 aliphatic rings. The van der Waals surface area contributed by atoms with Crippen molar-refractivity contribution in [1.82, 2.24) is 0 Å². The highest BCUT2D eigenvalue weighted by Gasteiger charge is 2.40. The number of thiophene rings is 2. The molecule has 15 rings (SSSR count). The molecule has 0 unspecified atom stereocenters. The van der Waals surface area contributed by atoms with Gasteiger partial charge in [-0.3, -0.25) is 0 Å². The molecule has 2 aliphatic heterocycles. The monoisotopic (exact) mass is 988 g/mol. The molecule has 342 valence electrons. The molecule has 0 bridgehead atoms. The molecular weight excluding hydrogens is 941 g/mol. The standard InChI is InChI=1S/C66H48N2S2Si2/c1-71(2)59-31-13-7-25-53(59)67(54-26-8-14-32-60(54)71)41-35-37-45-51(39-41)63(49-23-17-21-47-43-19-5-11-29-57(43)69-65(47)49)46-38-36-42(68-55-27-9-15-33-61(55)72(3,4)62-34-16-10-28-56(62)68)40-52(46)64(45)50-24-18-22-48-44-20-6-12-30-58(44)70-66(48)50/h5-40H,1-4H3. The molecule has 0 saturated heterocycles. The van der Waals surface area contributed by atoms with Crippen LogP contribution in [0, 0.1) is 0 Å². The Kier molecular flexibility index (Phi) is 9.04. The van der Waals surface area contributed by atoms with Gasteiger partial charge in [0.2, 0.25) is 0 Å². The second kappa shape index (κ2) is 15.5. The number of rotatable bonds is 4. The Bertz CT molecular complexity index is 4060. The van der Waals surface area contributed by atoms with Crippen LogP contribution < -0.4 is 30.5 Å². The predicted octanol–water partition coefficient (Wildman–Crippen LogP) is 17.3. The van der Waals surface area contributed by atoms with E-state index in [9.17, 15) is 0 Å². The first-order valence-electron chi connectivity index (χ1n) is 25.1. The van der Waals surface area contributed by atoms with Crippen LogP contribution >= 0.6 is 22.7 Å². The van der Waals surface area contributed by atoms with Gasteiger partial charge in [0.1, 0.15) is 16.1 Å². The quantitative estimate of drug-likeness (QED) is 0.128. The lowest BCUT2D eigenvalue weighted by molar-refractivity contribution is 1.29. The third-order valence-corrected chi connectivity index (χ3v) is 25.7. The van der Waals surface area contributed by atoms with Crippen molar-refractivity contribution in [2.75, 3.05) is 9.80 Å². The van der Waals surface area contributed by atoms with Gasteiger partial charge in [-0.25, -0.2) is 0 Å². The highest BCUT2D eigenvalue weighted by molar-refractivity contribution is 7.26. The van der Waals surface area contributed by atoms with Crippen molar-refractivity contribution in [3.8, 4) is 22.3 Å². The minimum Gasteiger partial charge on any atom is -0.311 e. The Labute approximate surface area is 429 Å². The third kappa shape index (κ3) is 5.86. The van der Waals surface area contributed by atoms with Gasteiger partial charge < -0.3 is 9.80 Å². The van der Waals surface area contributed by atoms with Crippen molar-refractivity contribution in [3.63, 3.8) is 0 Å². The number of hydrogen-bond acceptors (Lipinski definition) is 4. The summed E-state index contributed by atoms with van der Waals surface area (Å²) in [5, 5.41) is 16.1. The minimum atomic E-state index is -2.01. The fraction of sp³-hybridized carbons (Fsp3) is 0.0606. The average Bonchev–Trinajstić information content (AvgIpc) is 4.00. The zero-order valence-electron chi connectivity index (χ0n) is 40.5. The number of para-hydroxylation sites is 4. The second-order valence-electron chi connectivity index (χ2n) is 20.8. The maximum absolute atomic E-state index is 2.56. The number of anilines is 6. The van der Waals surface area contributed by atoms with Crippen molar-refractivity contribution in [3.05, 3.63) is 218 Å². The van der Waals surface area contributed by atoms with E-state index in [-0.39, 0.29) is 0 Å². The zero-order chi connectivity index (χ0) is 48.0. The summed E-state index contributed by atoms with van der Waals surface area (Å²) in [5.74, 6) is 0. The van der Waals surface area contributed by atoms with E-state index in [1.807, 2.05) is 22.7 Å². The maximum atomic E-state index is 2.56. The van der Waals surface area contributed by atoms with Crippen LogP contribution in [0.4, 0.5) is 34.1 Å². The maximum Gasteiger partial charge on any atom is 0.117 e.